The SMILES string of the molecule is CC(C)c1ccc(C(=O)N2CCCN(S(=O)(=O)N(C)C)CC2)cc1. The molecule has 0 bridgehead atoms. The van der Waals surface area contributed by atoms with Crippen LogP contribution in [0.25, 0.3) is 0 Å². The maximum Gasteiger partial charge on any atom is 0.281 e. The zero-order chi connectivity index (χ0) is 17.9. The van der Waals surface area contributed by atoms with Gasteiger partial charge in [0.2, 0.25) is 0 Å². The number of carbonyl (C=O) groups excluding carboxylic acids is 1. The van der Waals surface area contributed by atoms with Gasteiger partial charge in [0.05, 0.1) is 0 Å². The first kappa shape index (κ1) is 18.9. The summed E-state index contributed by atoms with van der Waals surface area (Å²) in [5, 5.41) is 0. The molecule has 0 aromatic heterocycles. The molecule has 1 heterocycles. The largest absolute Gasteiger partial charge is 0.337 e. The first-order chi connectivity index (χ1) is 11.2. The minimum absolute atomic E-state index is 0.0330. The molecule has 0 unspecified atom stereocenters. The first-order valence-electron chi connectivity index (χ1n) is 8.30. The number of benzene rings is 1. The number of amides is 1. The lowest BCUT2D eigenvalue weighted by atomic mass is 10.0. The quantitative estimate of drug-likeness (QED) is 0.829. The van der Waals surface area contributed by atoms with E-state index in [1.165, 1.54) is 28.3 Å². The highest BCUT2D eigenvalue weighted by atomic mass is 32.2. The number of carbonyl (C=O) groups is 1. The number of hydrogen-bond donors (Lipinski definition) is 0. The third-order valence-electron chi connectivity index (χ3n) is 4.35. The molecule has 1 saturated heterocycles. The van der Waals surface area contributed by atoms with Gasteiger partial charge in [-0.05, 0) is 30.0 Å². The summed E-state index contributed by atoms with van der Waals surface area (Å²) in [5.41, 5.74) is 1.86. The second-order valence-electron chi connectivity index (χ2n) is 6.61. The lowest BCUT2D eigenvalue weighted by Crippen LogP contribution is -2.42. The van der Waals surface area contributed by atoms with Crippen molar-refractivity contribution in [3.8, 4) is 0 Å². The van der Waals surface area contributed by atoms with Crippen molar-refractivity contribution in [3.05, 3.63) is 35.4 Å². The van der Waals surface area contributed by atoms with Crippen LogP contribution in [-0.4, -0.2) is 68.1 Å². The van der Waals surface area contributed by atoms with Gasteiger partial charge in [-0.1, -0.05) is 26.0 Å². The molecule has 1 aliphatic heterocycles. The molecule has 1 fully saturated rings. The Bertz CT molecular complexity index is 669. The van der Waals surface area contributed by atoms with Crippen molar-refractivity contribution >= 4 is 16.1 Å². The fourth-order valence-corrected chi connectivity index (χ4v) is 3.89. The van der Waals surface area contributed by atoms with Gasteiger partial charge in [-0.3, -0.25) is 4.79 Å². The molecule has 2 rings (SSSR count). The van der Waals surface area contributed by atoms with Crippen molar-refractivity contribution in [1.29, 1.82) is 0 Å². The second kappa shape index (κ2) is 7.63. The topological polar surface area (TPSA) is 60.9 Å². The second-order valence-corrected chi connectivity index (χ2v) is 8.75. The molecule has 6 nitrogen and oxygen atoms in total. The van der Waals surface area contributed by atoms with Crippen LogP contribution in [0.15, 0.2) is 24.3 Å². The average molecular weight is 353 g/mol. The molecule has 134 valence electrons. The summed E-state index contributed by atoms with van der Waals surface area (Å²) in [5.74, 6) is 0.395. The number of hydrogen-bond acceptors (Lipinski definition) is 3. The highest BCUT2D eigenvalue weighted by Crippen LogP contribution is 2.17. The van der Waals surface area contributed by atoms with E-state index < -0.39 is 10.2 Å². The Morgan fingerprint density at radius 2 is 1.67 bits per heavy atom. The number of nitrogens with zero attached hydrogens (tertiary/aromatic N) is 3. The van der Waals surface area contributed by atoms with E-state index in [1.807, 2.05) is 24.3 Å². The molecule has 0 atom stereocenters. The summed E-state index contributed by atoms with van der Waals surface area (Å²) in [4.78, 5) is 14.4. The molecule has 0 aliphatic carbocycles. The van der Waals surface area contributed by atoms with Crippen molar-refractivity contribution < 1.29 is 13.2 Å². The maximum atomic E-state index is 12.7. The molecular weight excluding hydrogens is 326 g/mol. The van der Waals surface area contributed by atoms with Crippen LogP contribution in [0.1, 0.15) is 42.1 Å². The van der Waals surface area contributed by atoms with Crippen molar-refractivity contribution in [2.45, 2.75) is 26.2 Å². The Hall–Kier alpha value is -1.44. The molecule has 1 aliphatic rings. The van der Waals surface area contributed by atoms with Crippen molar-refractivity contribution in [2.75, 3.05) is 40.3 Å². The van der Waals surface area contributed by atoms with Crippen LogP contribution in [0.2, 0.25) is 0 Å². The minimum atomic E-state index is -3.42. The minimum Gasteiger partial charge on any atom is -0.337 e. The van der Waals surface area contributed by atoms with Crippen LogP contribution < -0.4 is 0 Å². The van der Waals surface area contributed by atoms with Crippen LogP contribution in [0.3, 0.4) is 0 Å². The Kier molecular flexibility index (Phi) is 6.01. The Balaban J connectivity index is 2.07. The van der Waals surface area contributed by atoms with Gasteiger partial charge in [-0.15, -0.1) is 0 Å². The van der Waals surface area contributed by atoms with Gasteiger partial charge >= 0.3 is 0 Å². The zero-order valence-corrected chi connectivity index (χ0v) is 15.7. The summed E-state index contributed by atoms with van der Waals surface area (Å²) in [6, 6.07) is 7.69. The monoisotopic (exact) mass is 353 g/mol. The lowest BCUT2D eigenvalue weighted by molar-refractivity contribution is 0.0764. The van der Waals surface area contributed by atoms with E-state index in [0.717, 1.165) is 0 Å². The standard InChI is InChI=1S/C17H27N3O3S/c1-14(2)15-6-8-16(9-7-15)17(21)19-10-5-11-20(13-12-19)24(22,23)18(3)4/h6-9,14H,5,10-13H2,1-4H3. The fraction of sp³-hybridized carbons (Fsp3) is 0.588. The lowest BCUT2D eigenvalue weighted by Gasteiger charge is -2.24. The van der Waals surface area contributed by atoms with Gasteiger partial charge in [0.1, 0.15) is 0 Å². The molecule has 0 radical (unpaired) electrons. The first-order valence-corrected chi connectivity index (χ1v) is 9.70. The molecule has 24 heavy (non-hydrogen) atoms. The van der Waals surface area contributed by atoms with E-state index in [1.54, 1.807) is 4.90 Å². The molecule has 0 N–H and O–H groups in total. The molecule has 7 heteroatoms. The zero-order valence-electron chi connectivity index (χ0n) is 14.9. The van der Waals surface area contributed by atoms with E-state index in [9.17, 15) is 13.2 Å². The summed E-state index contributed by atoms with van der Waals surface area (Å²) < 4.78 is 27.1. The molecule has 1 amide bonds. The van der Waals surface area contributed by atoms with Crippen LogP contribution in [0, 0.1) is 0 Å². The van der Waals surface area contributed by atoms with Gasteiger partial charge in [0.25, 0.3) is 16.1 Å². The molecule has 0 spiro atoms. The average Bonchev–Trinajstić information content (AvgIpc) is 2.80. The summed E-state index contributed by atoms with van der Waals surface area (Å²) >= 11 is 0. The van der Waals surface area contributed by atoms with Gasteiger partial charge in [-0.2, -0.15) is 17.0 Å². The third-order valence-corrected chi connectivity index (χ3v) is 6.29. The van der Waals surface area contributed by atoms with Crippen LogP contribution >= 0.6 is 0 Å². The van der Waals surface area contributed by atoms with Gasteiger partial charge < -0.3 is 4.90 Å². The van der Waals surface area contributed by atoms with E-state index in [0.29, 0.717) is 44.1 Å². The maximum absolute atomic E-state index is 12.7. The van der Waals surface area contributed by atoms with Crippen LogP contribution in [-0.2, 0) is 10.2 Å². The van der Waals surface area contributed by atoms with E-state index >= 15 is 0 Å². The molecule has 0 saturated carbocycles. The fourth-order valence-electron chi connectivity index (χ4n) is 2.75. The summed E-state index contributed by atoms with van der Waals surface area (Å²) in [6.45, 7) is 5.99. The van der Waals surface area contributed by atoms with Gasteiger partial charge in [-0.25, -0.2) is 0 Å². The van der Waals surface area contributed by atoms with Crippen molar-refractivity contribution in [3.63, 3.8) is 0 Å². The highest BCUT2D eigenvalue weighted by molar-refractivity contribution is 7.86. The van der Waals surface area contributed by atoms with E-state index in [2.05, 4.69) is 13.8 Å². The summed E-state index contributed by atoms with van der Waals surface area (Å²) in [6.07, 6.45) is 0.642. The van der Waals surface area contributed by atoms with Crippen LogP contribution in [0.4, 0.5) is 0 Å². The Labute approximate surface area is 145 Å². The summed E-state index contributed by atoms with van der Waals surface area (Å²) in [7, 11) is -0.369. The Morgan fingerprint density at radius 1 is 1.04 bits per heavy atom. The third kappa shape index (κ3) is 4.15. The van der Waals surface area contributed by atoms with E-state index in [4.69, 9.17) is 0 Å². The number of rotatable bonds is 4. The smallest absolute Gasteiger partial charge is 0.281 e. The molecule has 1 aromatic rings. The van der Waals surface area contributed by atoms with Crippen LogP contribution in [0.5, 0.6) is 0 Å². The Morgan fingerprint density at radius 3 is 2.21 bits per heavy atom. The normalized spacial score (nSPS) is 17.3. The predicted octanol–water partition coefficient (Wildman–Crippen LogP) is 1.76. The predicted molar refractivity (Wildman–Crippen MR) is 95.2 cm³/mol. The highest BCUT2D eigenvalue weighted by Gasteiger charge is 2.28. The van der Waals surface area contributed by atoms with Gasteiger partial charge in [0, 0.05) is 45.8 Å². The van der Waals surface area contributed by atoms with Crippen molar-refractivity contribution in [1.82, 2.24) is 13.5 Å². The molecule has 1 aromatic carbocycles. The van der Waals surface area contributed by atoms with Crippen molar-refractivity contribution in [2.24, 2.45) is 0 Å². The van der Waals surface area contributed by atoms with E-state index in [-0.39, 0.29) is 5.91 Å². The van der Waals surface area contributed by atoms with Gasteiger partial charge in [0.15, 0.2) is 0 Å². The molecular formula is C17H27N3O3S.